The molecule has 1 fully saturated rings. The van der Waals surface area contributed by atoms with Crippen LogP contribution < -0.4 is 5.73 Å². The molecule has 0 radical (unpaired) electrons. The van der Waals surface area contributed by atoms with Gasteiger partial charge in [-0.3, -0.25) is 4.90 Å². The second-order valence-corrected chi connectivity index (χ2v) is 4.15. The Kier molecular flexibility index (Phi) is 5.45. The lowest BCUT2D eigenvalue weighted by Crippen LogP contribution is -2.45. The number of piperidine rings is 1. The zero-order valence-corrected chi connectivity index (χ0v) is 9.54. The molecule has 84 valence electrons. The van der Waals surface area contributed by atoms with Crippen molar-refractivity contribution < 1.29 is 4.74 Å². The summed E-state index contributed by atoms with van der Waals surface area (Å²) in [4.78, 5) is 2.51. The fourth-order valence-electron chi connectivity index (χ4n) is 2.12. The van der Waals surface area contributed by atoms with Gasteiger partial charge in [-0.1, -0.05) is 6.42 Å². The average molecular weight is 200 g/mol. The van der Waals surface area contributed by atoms with Crippen LogP contribution in [0.2, 0.25) is 0 Å². The van der Waals surface area contributed by atoms with E-state index in [1.54, 1.807) is 0 Å². The lowest BCUT2D eigenvalue weighted by Gasteiger charge is -2.35. The van der Waals surface area contributed by atoms with Gasteiger partial charge in [-0.2, -0.15) is 0 Å². The quantitative estimate of drug-likeness (QED) is 0.725. The summed E-state index contributed by atoms with van der Waals surface area (Å²) >= 11 is 0. The average Bonchev–Trinajstić information content (AvgIpc) is 2.20. The molecule has 0 bridgehead atoms. The summed E-state index contributed by atoms with van der Waals surface area (Å²) in [6, 6.07) is 0.707. The maximum absolute atomic E-state index is 5.67. The largest absolute Gasteiger partial charge is 0.376 e. The molecule has 3 heteroatoms. The molecule has 1 saturated heterocycles. The summed E-state index contributed by atoms with van der Waals surface area (Å²) in [5.41, 5.74) is 5.67. The normalized spacial score (nSPS) is 26.4. The SMILES string of the molecule is CCOC(CN)CN1CCCCC1C. The van der Waals surface area contributed by atoms with E-state index in [1.165, 1.54) is 25.8 Å². The molecule has 0 aromatic carbocycles. The Morgan fingerprint density at radius 1 is 1.50 bits per heavy atom. The van der Waals surface area contributed by atoms with Gasteiger partial charge >= 0.3 is 0 Å². The first-order chi connectivity index (χ1) is 6.77. The number of likely N-dealkylation sites (tertiary alicyclic amines) is 1. The van der Waals surface area contributed by atoms with Gasteiger partial charge in [0.05, 0.1) is 6.10 Å². The van der Waals surface area contributed by atoms with Crippen LogP contribution in [-0.2, 0) is 4.74 Å². The van der Waals surface area contributed by atoms with Gasteiger partial charge in [-0.05, 0) is 33.2 Å². The molecule has 14 heavy (non-hydrogen) atoms. The third kappa shape index (κ3) is 3.56. The van der Waals surface area contributed by atoms with E-state index in [2.05, 4.69) is 11.8 Å². The molecule has 0 spiro atoms. The van der Waals surface area contributed by atoms with Gasteiger partial charge < -0.3 is 10.5 Å². The van der Waals surface area contributed by atoms with Gasteiger partial charge in [0.15, 0.2) is 0 Å². The molecular formula is C11H24N2O. The number of hydrogen-bond donors (Lipinski definition) is 1. The summed E-state index contributed by atoms with van der Waals surface area (Å²) in [5, 5.41) is 0. The number of ether oxygens (including phenoxy) is 1. The molecule has 2 unspecified atom stereocenters. The van der Waals surface area contributed by atoms with Crippen molar-refractivity contribution in [1.29, 1.82) is 0 Å². The maximum atomic E-state index is 5.67. The summed E-state index contributed by atoms with van der Waals surface area (Å²) in [6.45, 7) is 7.96. The Balaban J connectivity index is 2.31. The zero-order valence-electron chi connectivity index (χ0n) is 9.54. The summed E-state index contributed by atoms with van der Waals surface area (Å²) < 4.78 is 5.58. The molecule has 0 aliphatic carbocycles. The first-order valence-corrected chi connectivity index (χ1v) is 5.83. The van der Waals surface area contributed by atoms with E-state index in [1.807, 2.05) is 6.92 Å². The Morgan fingerprint density at radius 2 is 2.29 bits per heavy atom. The molecule has 1 aliphatic rings. The minimum absolute atomic E-state index is 0.223. The van der Waals surface area contributed by atoms with Crippen molar-refractivity contribution in [1.82, 2.24) is 4.90 Å². The van der Waals surface area contributed by atoms with Crippen LogP contribution in [0, 0.1) is 0 Å². The predicted molar refractivity (Wildman–Crippen MR) is 59.4 cm³/mol. The van der Waals surface area contributed by atoms with Crippen molar-refractivity contribution in [2.75, 3.05) is 26.2 Å². The molecule has 0 amide bonds. The standard InChI is InChI=1S/C11H24N2O/c1-3-14-11(8-12)9-13-7-5-4-6-10(13)2/h10-11H,3-9,12H2,1-2H3. The number of nitrogens with two attached hydrogens (primary N) is 1. The van der Waals surface area contributed by atoms with Crippen LogP contribution in [0.3, 0.4) is 0 Å². The van der Waals surface area contributed by atoms with Crippen LogP contribution in [0.25, 0.3) is 0 Å². The summed E-state index contributed by atoms with van der Waals surface area (Å²) in [6.07, 6.45) is 4.25. The van der Waals surface area contributed by atoms with Gasteiger partial charge in [0.1, 0.15) is 0 Å². The van der Waals surface area contributed by atoms with Gasteiger partial charge in [0.2, 0.25) is 0 Å². The Labute approximate surface area is 87.6 Å². The van der Waals surface area contributed by atoms with Gasteiger partial charge in [0, 0.05) is 25.7 Å². The van der Waals surface area contributed by atoms with Crippen LogP contribution >= 0.6 is 0 Å². The highest BCUT2D eigenvalue weighted by Crippen LogP contribution is 2.16. The number of nitrogens with zero attached hydrogens (tertiary/aromatic N) is 1. The first-order valence-electron chi connectivity index (χ1n) is 5.83. The molecule has 0 saturated carbocycles. The van der Waals surface area contributed by atoms with Crippen molar-refractivity contribution in [3.05, 3.63) is 0 Å². The molecule has 0 aromatic heterocycles. The Hall–Kier alpha value is -0.120. The molecular weight excluding hydrogens is 176 g/mol. The van der Waals surface area contributed by atoms with E-state index in [4.69, 9.17) is 10.5 Å². The highest BCUT2D eigenvalue weighted by atomic mass is 16.5. The monoisotopic (exact) mass is 200 g/mol. The molecule has 0 aromatic rings. The topological polar surface area (TPSA) is 38.5 Å². The van der Waals surface area contributed by atoms with Crippen LogP contribution in [-0.4, -0.2) is 43.3 Å². The first kappa shape index (κ1) is 12.0. The lowest BCUT2D eigenvalue weighted by atomic mass is 10.0. The third-order valence-electron chi connectivity index (χ3n) is 3.04. The van der Waals surface area contributed by atoms with Crippen molar-refractivity contribution >= 4 is 0 Å². The smallest absolute Gasteiger partial charge is 0.0823 e. The number of rotatable bonds is 5. The molecule has 1 heterocycles. The maximum Gasteiger partial charge on any atom is 0.0823 e. The minimum Gasteiger partial charge on any atom is -0.376 e. The Morgan fingerprint density at radius 3 is 2.86 bits per heavy atom. The van der Waals surface area contributed by atoms with E-state index in [0.29, 0.717) is 12.6 Å². The van der Waals surface area contributed by atoms with Crippen molar-refractivity contribution in [3.8, 4) is 0 Å². The highest BCUT2D eigenvalue weighted by molar-refractivity contribution is 4.76. The van der Waals surface area contributed by atoms with Crippen molar-refractivity contribution in [3.63, 3.8) is 0 Å². The van der Waals surface area contributed by atoms with Crippen LogP contribution in [0.1, 0.15) is 33.1 Å². The van der Waals surface area contributed by atoms with Crippen LogP contribution in [0.4, 0.5) is 0 Å². The fraction of sp³-hybridized carbons (Fsp3) is 1.00. The second-order valence-electron chi connectivity index (χ2n) is 4.15. The number of hydrogen-bond acceptors (Lipinski definition) is 3. The van der Waals surface area contributed by atoms with Gasteiger partial charge in [0.25, 0.3) is 0 Å². The molecule has 1 rings (SSSR count). The molecule has 1 aliphatic heterocycles. The molecule has 3 nitrogen and oxygen atoms in total. The van der Waals surface area contributed by atoms with Crippen LogP contribution in [0.5, 0.6) is 0 Å². The minimum atomic E-state index is 0.223. The Bertz CT molecular complexity index is 152. The second kappa shape index (κ2) is 6.38. The predicted octanol–water partition coefficient (Wildman–Crippen LogP) is 1.22. The molecule has 2 N–H and O–H groups in total. The van der Waals surface area contributed by atoms with Gasteiger partial charge in [-0.15, -0.1) is 0 Å². The van der Waals surface area contributed by atoms with Crippen molar-refractivity contribution in [2.45, 2.75) is 45.3 Å². The van der Waals surface area contributed by atoms with E-state index in [9.17, 15) is 0 Å². The summed E-state index contributed by atoms with van der Waals surface area (Å²) in [7, 11) is 0. The fourth-order valence-corrected chi connectivity index (χ4v) is 2.12. The third-order valence-corrected chi connectivity index (χ3v) is 3.04. The highest BCUT2D eigenvalue weighted by Gasteiger charge is 2.20. The van der Waals surface area contributed by atoms with E-state index in [-0.39, 0.29) is 6.10 Å². The van der Waals surface area contributed by atoms with E-state index >= 15 is 0 Å². The summed E-state index contributed by atoms with van der Waals surface area (Å²) in [5.74, 6) is 0. The lowest BCUT2D eigenvalue weighted by molar-refractivity contribution is 0.0214. The molecule has 2 atom stereocenters. The zero-order chi connectivity index (χ0) is 10.4. The van der Waals surface area contributed by atoms with Crippen LogP contribution in [0.15, 0.2) is 0 Å². The van der Waals surface area contributed by atoms with Gasteiger partial charge in [-0.25, -0.2) is 0 Å². The van der Waals surface area contributed by atoms with E-state index in [0.717, 1.165) is 13.2 Å². The van der Waals surface area contributed by atoms with E-state index < -0.39 is 0 Å². The van der Waals surface area contributed by atoms with Crippen molar-refractivity contribution in [2.24, 2.45) is 5.73 Å².